The Bertz CT molecular complexity index is 100. The lowest BCUT2D eigenvalue weighted by molar-refractivity contribution is 0.0682. The van der Waals surface area contributed by atoms with Crippen molar-refractivity contribution in [3.63, 3.8) is 0 Å². The van der Waals surface area contributed by atoms with Crippen LogP contribution in [-0.4, -0.2) is 36.0 Å². The highest BCUT2D eigenvalue weighted by atomic mass is 16.3. The van der Waals surface area contributed by atoms with Crippen LogP contribution in [0.2, 0.25) is 0 Å². The molecule has 0 aromatic heterocycles. The normalized spacial score (nSPS) is 12.5. The van der Waals surface area contributed by atoms with Crippen LogP contribution in [-0.2, 0) is 0 Å². The first-order chi connectivity index (χ1) is 5.04. The van der Waals surface area contributed by atoms with E-state index in [9.17, 15) is 0 Å². The Morgan fingerprint density at radius 3 is 2.00 bits per heavy atom. The summed E-state index contributed by atoms with van der Waals surface area (Å²) in [6, 6.07) is 0.396. The van der Waals surface area contributed by atoms with Gasteiger partial charge in [-0.1, -0.05) is 20.8 Å². The molecule has 0 amide bonds. The Hall–Kier alpha value is -0.120. The molecule has 3 nitrogen and oxygen atoms in total. The first-order valence-electron chi connectivity index (χ1n) is 3.99. The molecular weight excluding hydrogens is 142 g/mol. The van der Waals surface area contributed by atoms with Crippen LogP contribution in [0.15, 0.2) is 0 Å². The van der Waals surface area contributed by atoms with Gasteiger partial charge in [0.2, 0.25) is 0 Å². The molecule has 0 bridgehead atoms. The lowest BCUT2D eigenvalue weighted by Gasteiger charge is -2.26. The van der Waals surface area contributed by atoms with E-state index >= 15 is 0 Å². The van der Waals surface area contributed by atoms with Crippen LogP contribution in [0, 0.1) is 5.41 Å². The minimum Gasteiger partial charge on any atom is -0.396 e. The summed E-state index contributed by atoms with van der Waals surface area (Å²) in [7, 11) is 0. The largest absolute Gasteiger partial charge is 0.396 e. The maximum Gasteiger partial charge on any atom is 0.0518 e. The second kappa shape index (κ2) is 4.70. The molecule has 0 rings (SSSR count). The highest BCUT2D eigenvalue weighted by Gasteiger charge is 2.21. The van der Waals surface area contributed by atoms with E-state index in [1.165, 1.54) is 0 Å². The average molecular weight is 161 g/mol. The molecule has 0 aromatic carbocycles. The SMILES string of the molecule is CC(C)NCC(C)(CO)CO. The number of aliphatic hydroxyl groups is 2. The molecule has 0 atom stereocenters. The fourth-order valence-corrected chi connectivity index (χ4v) is 0.612. The van der Waals surface area contributed by atoms with Crippen LogP contribution in [0.5, 0.6) is 0 Å². The average Bonchev–Trinajstić information content (AvgIpc) is 2.00. The summed E-state index contributed by atoms with van der Waals surface area (Å²) in [6.07, 6.45) is 0. The molecule has 68 valence electrons. The molecule has 0 heterocycles. The van der Waals surface area contributed by atoms with E-state index in [2.05, 4.69) is 5.32 Å². The fourth-order valence-electron chi connectivity index (χ4n) is 0.612. The maximum absolute atomic E-state index is 8.90. The summed E-state index contributed by atoms with van der Waals surface area (Å²) in [5.41, 5.74) is -0.385. The van der Waals surface area contributed by atoms with Crippen molar-refractivity contribution >= 4 is 0 Å². The van der Waals surface area contributed by atoms with E-state index in [0.717, 1.165) is 0 Å². The minimum absolute atomic E-state index is 0.0171. The van der Waals surface area contributed by atoms with Crippen molar-refractivity contribution in [3.05, 3.63) is 0 Å². The van der Waals surface area contributed by atoms with Gasteiger partial charge in [0.15, 0.2) is 0 Å². The molecule has 0 saturated heterocycles. The van der Waals surface area contributed by atoms with Crippen molar-refractivity contribution in [1.82, 2.24) is 5.32 Å². The summed E-state index contributed by atoms with van der Waals surface area (Å²) in [4.78, 5) is 0. The summed E-state index contributed by atoms with van der Waals surface area (Å²) >= 11 is 0. The molecule has 0 radical (unpaired) electrons. The molecule has 0 aromatic rings. The van der Waals surface area contributed by atoms with E-state index in [0.29, 0.717) is 12.6 Å². The van der Waals surface area contributed by atoms with Crippen molar-refractivity contribution in [2.24, 2.45) is 5.41 Å². The van der Waals surface area contributed by atoms with Gasteiger partial charge in [-0.05, 0) is 0 Å². The lowest BCUT2D eigenvalue weighted by Crippen LogP contribution is -2.40. The molecule has 3 heteroatoms. The smallest absolute Gasteiger partial charge is 0.0518 e. The molecule has 0 spiro atoms. The van der Waals surface area contributed by atoms with Gasteiger partial charge in [0.25, 0.3) is 0 Å². The summed E-state index contributed by atoms with van der Waals surface area (Å²) in [5, 5.41) is 21.0. The van der Waals surface area contributed by atoms with Gasteiger partial charge in [-0.2, -0.15) is 0 Å². The topological polar surface area (TPSA) is 52.5 Å². The van der Waals surface area contributed by atoms with Gasteiger partial charge in [-0.3, -0.25) is 0 Å². The zero-order valence-corrected chi connectivity index (χ0v) is 7.59. The zero-order chi connectivity index (χ0) is 8.91. The number of hydrogen-bond donors (Lipinski definition) is 3. The fraction of sp³-hybridized carbons (Fsp3) is 1.00. The summed E-state index contributed by atoms with van der Waals surface area (Å²) in [6.45, 7) is 6.61. The Morgan fingerprint density at radius 1 is 1.27 bits per heavy atom. The van der Waals surface area contributed by atoms with Crippen LogP contribution in [0.4, 0.5) is 0 Å². The van der Waals surface area contributed by atoms with Crippen LogP contribution >= 0.6 is 0 Å². The highest BCUT2D eigenvalue weighted by molar-refractivity contribution is 4.75. The molecular formula is C8H19NO2. The molecule has 0 unspecified atom stereocenters. The Balaban J connectivity index is 3.69. The van der Waals surface area contributed by atoms with Crippen molar-refractivity contribution in [2.75, 3.05) is 19.8 Å². The number of nitrogens with one attached hydrogen (secondary N) is 1. The quantitative estimate of drug-likeness (QED) is 0.531. The molecule has 11 heavy (non-hydrogen) atoms. The molecule has 0 saturated carbocycles. The minimum atomic E-state index is -0.385. The van der Waals surface area contributed by atoms with E-state index in [4.69, 9.17) is 10.2 Å². The lowest BCUT2D eigenvalue weighted by atomic mass is 9.93. The summed E-state index contributed by atoms with van der Waals surface area (Å²) < 4.78 is 0. The van der Waals surface area contributed by atoms with Crippen molar-refractivity contribution in [2.45, 2.75) is 26.8 Å². The van der Waals surface area contributed by atoms with E-state index in [1.807, 2.05) is 20.8 Å². The van der Waals surface area contributed by atoms with Gasteiger partial charge in [0, 0.05) is 18.0 Å². The van der Waals surface area contributed by atoms with Crippen molar-refractivity contribution < 1.29 is 10.2 Å². The standard InChI is InChI=1S/C8H19NO2/c1-7(2)9-4-8(3,5-10)6-11/h7,9-11H,4-6H2,1-3H3. The Labute approximate surface area is 68.4 Å². The van der Waals surface area contributed by atoms with E-state index in [-0.39, 0.29) is 18.6 Å². The second-order valence-corrected chi connectivity index (χ2v) is 3.66. The monoisotopic (exact) mass is 161 g/mol. The van der Waals surface area contributed by atoms with Gasteiger partial charge >= 0.3 is 0 Å². The third-order valence-corrected chi connectivity index (χ3v) is 1.70. The number of hydrogen-bond acceptors (Lipinski definition) is 3. The molecule has 0 aliphatic rings. The van der Waals surface area contributed by atoms with E-state index in [1.54, 1.807) is 0 Å². The molecule has 0 fully saturated rings. The molecule has 0 aliphatic heterocycles. The van der Waals surface area contributed by atoms with Gasteiger partial charge < -0.3 is 15.5 Å². The van der Waals surface area contributed by atoms with Crippen molar-refractivity contribution in [1.29, 1.82) is 0 Å². The van der Waals surface area contributed by atoms with Crippen LogP contribution < -0.4 is 5.32 Å². The van der Waals surface area contributed by atoms with Gasteiger partial charge in [-0.25, -0.2) is 0 Å². The Kier molecular flexibility index (Phi) is 4.65. The van der Waals surface area contributed by atoms with Gasteiger partial charge in [0.1, 0.15) is 0 Å². The van der Waals surface area contributed by atoms with Crippen LogP contribution in [0.3, 0.4) is 0 Å². The first kappa shape index (κ1) is 10.9. The van der Waals surface area contributed by atoms with E-state index < -0.39 is 0 Å². The Morgan fingerprint density at radius 2 is 1.73 bits per heavy atom. The van der Waals surface area contributed by atoms with Crippen LogP contribution in [0.1, 0.15) is 20.8 Å². The predicted octanol–water partition coefficient (Wildman–Crippen LogP) is -0.0247. The predicted molar refractivity (Wildman–Crippen MR) is 45.4 cm³/mol. The highest BCUT2D eigenvalue weighted by Crippen LogP contribution is 2.11. The number of aliphatic hydroxyl groups excluding tert-OH is 2. The maximum atomic E-state index is 8.90. The summed E-state index contributed by atoms with van der Waals surface area (Å²) in [5.74, 6) is 0. The number of rotatable bonds is 5. The van der Waals surface area contributed by atoms with Crippen molar-refractivity contribution in [3.8, 4) is 0 Å². The zero-order valence-electron chi connectivity index (χ0n) is 7.59. The second-order valence-electron chi connectivity index (χ2n) is 3.66. The molecule has 0 aliphatic carbocycles. The first-order valence-corrected chi connectivity index (χ1v) is 3.99. The third-order valence-electron chi connectivity index (χ3n) is 1.70. The van der Waals surface area contributed by atoms with Gasteiger partial charge in [-0.15, -0.1) is 0 Å². The molecule has 3 N–H and O–H groups in total. The van der Waals surface area contributed by atoms with Crippen LogP contribution in [0.25, 0.3) is 0 Å². The van der Waals surface area contributed by atoms with Gasteiger partial charge in [0.05, 0.1) is 13.2 Å². The third kappa shape index (κ3) is 4.35.